The molecule has 2 aromatic heterocycles. The third-order valence-electron chi connectivity index (χ3n) is 8.16. The van der Waals surface area contributed by atoms with Gasteiger partial charge in [0.25, 0.3) is 0 Å². The van der Waals surface area contributed by atoms with E-state index in [9.17, 15) is 0 Å². The molecule has 0 spiro atoms. The van der Waals surface area contributed by atoms with Gasteiger partial charge in [-0.15, -0.1) is 11.3 Å². The molecule has 8 rings (SSSR count). The van der Waals surface area contributed by atoms with Crippen molar-refractivity contribution >= 4 is 58.9 Å². The summed E-state index contributed by atoms with van der Waals surface area (Å²) in [6.07, 6.45) is 0. The maximum absolute atomic E-state index is 5.27. The van der Waals surface area contributed by atoms with E-state index in [1.54, 1.807) is 0 Å². The van der Waals surface area contributed by atoms with Crippen LogP contribution in [-0.4, -0.2) is 9.97 Å². The molecule has 8 aromatic rings. The average molecular weight is 555 g/mol. The van der Waals surface area contributed by atoms with Gasteiger partial charge in [0.15, 0.2) is 0 Å². The summed E-state index contributed by atoms with van der Waals surface area (Å²) >= 11 is 1.84. The monoisotopic (exact) mass is 554 g/mol. The lowest BCUT2D eigenvalue weighted by molar-refractivity contribution is 1.25. The van der Waals surface area contributed by atoms with Gasteiger partial charge in [0.1, 0.15) is 0 Å². The van der Waals surface area contributed by atoms with Gasteiger partial charge in [0, 0.05) is 36.9 Å². The van der Waals surface area contributed by atoms with Crippen LogP contribution in [0.2, 0.25) is 0 Å². The van der Waals surface area contributed by atoms with Crippen LogP contribution in [0.15, 0.2) is 134 Å². The number of rotatable bonds is 4. The standard InChI is InChI=1S/C39H26N2S/c1-24-14-6-7-17-27(24)35-28-18-8-9-19-29(28)36-30-20-10-13-23-33(30)42-39(36)34(35)25(2)37-38(26-15-4-3-5-16-26)41-32-22-12-11-21-31(32)40-37/h3-23H,2H2,1H3. The quantitative estimate of drug-likeness (QED) is 0.216. The molecule has 0 saturated carbocycles. The normalized spacial score (nSPS) is 11.5. The summed E-state index contributed by atoms with van der Waals surface area (Å²) in [6.45, 7) is 7.03. The summed E-state index contributed by atoms with van der Waals surface area (Å²) in [5.41, 5.74) is 10.1. The van der Waals surface area contributed by atoms with E-state index >= 15 is 0 Å². The number of hydrogen-bond acceptors (Lipinski definition) is 3. The first-order valence-corrected chi connectivity index (χ1v) is 14.9. The van der Waals surface area contributed by atoms with Crippen LogP contribution < -0.4 is 0 Å². The Morgan fingerprint density at radius 1 is 0.619 bits per heavy atom. The molecular weight excluding hydrogens is 529 g/mol. The summed E-state index contributed by atoms with van der Waals surface area (Å²) in [5.74, 6) is 0. The molecule has 0 amide bonds. The number of aryl methyl sites for hydroxylation is 1. The zero-order valence-electron chi connectivity index (χ0n) is 23.1. The number of fused-ring (bicyclic) bond motifs is 6. The molecule has 42 heavy (non-hydrogen) atoms. The van der Waals surface area contributed by atoms with Crippen molar-refractivity contribution in [2.75, 3.05) is 0 Å². The predicted molar refractivity (Wildman–Crippen MR) is 180 cm³/mol. The topological polar surface area (TPSA) is 25.8 Å². The highest BCUT2D eigenvalue weighted by Gasteiger charge is 2.25. The zero-order chi connectivity index (χ0) is 28.2. The van der Waals surface area contributed by atoms with Crippen molar-refractivity contribution in [2.45, 2.75) is 6.92 Å². The molecule has 0 unspecified atom stereocenters. The van der Waals surface area contributed by atoms with E-state index in [1.807, 2.05) is 41.7 Å². The molecule has 0 N–H and O–H groups in total. The van der Waals surface area contributed by atoms with Crippen LogP contribution >= 0.6 is 11.3 Å². The lowest BCUT2D eigenvalue weighted by atomic mass is 9.85. The van der Waals surface area contributed by atoms with Crippen molar-refractivity contribution in [3.05, 3.63) is 151 Å². The molecule has 0 aliphatic heterocycles. The van der Waals surface area contributed by atoms with Gasteiger partial charge >= 0.3 is 0 Å². The van der Waals surface area contributed by atoms with Crippen molar-refractivity contribution in [1.29, 1.82) is 0 Å². The molecule has 3 heteroatoms. The Morgan fingerprint density at radius 2 is 1.24 bits per heavy atom. The summed E-state index contributed by atoms with van der Waals surface area (Å²) in [6, 6.07) is 44.6. The largest absolute Gasteiger partial charge is 0.244 e. The fourth-order valence-corrected chi connectivity index (χ4v) is 7.50. The van der Waals surface area contributed by atoms with E-state index in [4.69, 9.17) is 16.5 Å². The van der Waals surface area contributed by atoms with E-state index in [-0.39, 0.29) is 0 Å². The Balaban J connectivity index is 1.56. The van der Waals surface area contributed by atoms with Gasteiger partial charge in [-0.25, -0.2) is 9.97 Å². The fourth-order valence-electron chi connectivity index (χ4n) is 6.20. The van der Waals surface area contributed by atoms with Crippen LogP contribution in [-0.2, 0) is 0 Å². The number of thiophene rings is 1. The maximum atomic E-state index is 5.27. The first-order chi connectivity index (χ1) is 20.7. The number of benzene rings is 6. The molecule has 0 fully saturated rings. The molecule has 0 bridgehead atoms. The summed E-state index contributed by atoms with van der Waals surface area (Å²) in [7, 11) is 0. The molecule has 0 aliphatic carbocycles. The van der Waals surface area contributed by atoms with Crippen LogP contribution in [0.1, 0.15) is 16.8 Å². The molecule has 0 saturated heterocycles. The second-order valence-electron chi connectivity index (χ2n) is 10.7. The van der Waals surface area contributed by atoms with Gasteiger partial charge in [-0.2, -0.15) is 0 Å². The molecule has 2 heterocycles. The lowest BCUT2D eigenvalue weighted by Gasteiger charge is -2.20. The van der Waals surface area contributed by atoms with Crippen LogP contribution in [0, 0.1) is 6.92 Å². The van der Waals surface area contributed by atoms with E-state index in [1.165, 1.54) is 47.6 Å². The minimum absolute atomic E-state index is 0.809. The number of nitrogens with zero attached hydrogens (tertiary/aromatic N) is 2. The van der Waals surface area contributed by atoms with Gasteiger partial charge in [-0.05, 0) is 52.6 Å². The van der Waals surface area contributed by atoms with Crippen molar-refractivity contribution < 1.29 is 0 Å². The second-order valence-corrected chi connectivity index (χ2v) is 11.7. The third-order valence-corrected chi connectivity index (χ3v) is 9.35. The van der Waals surface area contributed by atoms with Gasteiger partial charge < -0.3 is 0 Å². The predicted octanol–water partition coefficient (Wildman–Crippen LogP) is 10.9. The highest BCUT2D eigenvalue weighted by molar-refractivity contribution is 7.26. The zero-order valence-corrected chi connectivity index (χ0v) is 24.0. The minimum atomic E-state index is 0.809. The first-order valence-electron chi connectivity index (χ1n) is 14.1. The summed E-state index contributed by atoms with van der Waals surface area (Å²) < 4.78 is 2.49. The van der Waals surface area contributed by atoms with Crippen LogP contribution in [0.5, 0.6) is 0 Å². The van der Waals surface area contributed by atoms with E-state index in [2.05, 4.69) is 104 Å². The Morgan fingerprint density at radius 3 is 2.02 bits per heavy atom. The maximum Gasteiger partial charge on any atom is 0.0973 e. The third kappa shape index (κ3) is 3.78. The number of aromatic nitrogens is 2. The van der Waals surface area contributed by atoms with E-state index in [0.29, 0.717) is 0 Å². The molecule has 198 valence electrons. The Hall–Kier alpha value is -5.12. The van der Waals surface area contributed by atoms with E-state index in [0.717, 1.165) is 39.1 Å². The Bertz CT molecular complexity index is 2330. The molecule has 6 aromatic carbocycles. The molecule has 0 aliphatic rings. The van der Waals surface area contributed by atoms with Crippen molar-refractivity contribution in [2.24, 2.45) is 0 Å². The van der Waals surface area contributed by atoms with Crippen LogP contribution in [0.4, 0.5) is 0 Å². The van der Waals surface area contributed by atoms with Crippen molar-refractivity contribution in [3.8, 4) is 22.4 Å². The summed E-state index contributed by atoms with van der Waals surface area (Å²) in [4.78, 5) is 10.4. The highest BCUT2D eigenvalue weighted by Crippen LogP contribution is 2.50. The van der Waals surface area contributed by atoms with Gasteiger partial charge in [0.05, 0.1) is 22.4 Å². The molecule has 2 nitrogen and oxygen atoms in total. The van der Waals surface area contributed by atoms with Gasteiger partial charge in [0.2, 0.25) is 0 Å². The Labute approximate surface area is 248 Å². The minimum Gasteiger partial charge on any atom is -0.244 e. The van der Waals surface area contributed by atoms with Gasteiger partial charge in [-0.3, -0.25) is 0 Å². The number of hydrogen-bond donors (Lipinski definition) is 0. The first kappa shape index (κ1) is 24.7. The second kappa shape index (κ2) is 9.76. The van der Waals surface area contributed by atoms with Crippen LogP contribution in [0.25, 0.3) is 69.9 Å². The van der Waals surface area contributed by atoms with E-state index < -0.39 is 0 Å². The van der Waals surface area contributed by atoms with Crippen molar-refractivity contribution in [3.63, 3.8) is 0 Å². The molecular formula is C39H26N2S. The molecule has 0 radical (unpaired) electrons. The van der Waals surface area contributed by atoms with Crippen molar-refractivity contribution in [1.82, 2.24) is 9.97 Å². The van der Waals surface area contributed by atoms with Gasteiger partial charge in [-0.1, -0.05) is 116 Å². The summed E-state index contributed by atoms with van der Waals surface area (Å²) in [5, 5.41) is 5.02. The average Bonchev–Trinajstić information content (AvgIpc) is 3.43. The smallest absolute Gasteiger partial charge is 0.0973 e. The highest BCUT2D eigenvalue weighted by atomic mass is 32.1. The number of para-hydroxylation sites is 2. The SMILES string of the molecule is C=C(c1nc2ccccc2nc1-c1ccccc1)c1c(-c2ccccc2C)c2ccccc2c2c1sc1ccccc12. The lowest BCUT2D eigenvalue weighted by Crippen LogP contribution is -2.02. The Kier molecular flexibility index (Phi) is 5.73. The van der Waals surface area contributed by atoms with Crippen LogP contribution in [0.3, 0.4) is 0 Å². The fraction of sp³-hybridized carbons (Fsp3) is 0.0256. The molecule has 0 atom stereocenters.